The highest BCUT2D eigenvalue weighted by Gasteiger charge is 2.19. The van der Waals surface area contributed by atoms with E-state index < -0.39 is 5.97 Å². The van der Waals surface area contributed by atoms with Crippen LogP contribution < -0.4 is 10.2 Å². The van der Waals surface area contributed by atoms with Gasteiger partial charge in [-0.3, -0.25) is 4.79 Å². The number of hydrogen-bond donors (Lipinski definition) is 1. The number of hydrogen-bond acceptors (Lipinski definition) is 7. The summed E-state index contributed by atoms with van der Waals surface area (Å²) in [7, 11) is 1.33. The first-order valence-electron chi connectivity index (χ1n) is 9.26. The van der Waals surface area contributed by atoms with Gasteiger partial charge >= 0.3 is 5.97 Å². The fourth-order valence-electron chi connectivity index (χ4n) is 3.25. The van der Waals surface area contributed by atoms with Crippen LogP contribution in [0.4, 0.5) is 11.4 Å². The molecule has 1 aliphatic rings. The van der Waals surface area contributed by atoms with Crippen LogP contribution in [0, 0.1) is 13.8 Å². The van der Waals surface area contributed by atoms with Crippen LogP contribution in [0.2, 0.25) is 0 Å². The van der Waals surface area contributed by atoms with Gasteiger partial charge in [0.05, 0.1) is 37.3 Å². The van der Waals surface area contributed by atoms with Gasteiger partial charge in [0.15, 0.2) is 0 Å². The van der Waals surface area contributed by atoms with Gasteiger partial charge in [0.2, 0.25) is 5.91 Å². The van der Waals surface area contributed by atoms with Gasteiger partial charge in [-0.1, -0.05) is 5.16 Å². The number of anilines is 2. The highest BCUT2D eigenvalue weighted by Crippen LogP contribution is 2.25. The Kier molecular flexibility index (Phi) is 6.30. The van der Waals surface area contributed by atoms with Gasteiger partial charge in [-0.2, -0.15) is 0 Å². The van der Waals surface area contributed by atoms with Crippen LogP contribution in [0.15, 0.2) is 22.7 Å². The molecule has 0 atom stereocenters. The minimum absolute atomic E-state index is 0.190. The molecule has 0 aliphatic carbocycles. The van der Waals surface area contributed by atoms with Crippen molar-refractivity contribution in [1.82, 2.24) is 5.16 Å². The second kappa shape index (κ2) is 8.88. The second-order valence-corrected chi connectivity index (χ2v) is 6.67. The zero-order valence-corrected chi connectivity index (χ0v) is 16.4. The molecule has 0 saturated carbocycles. The van der Waals surface area contributed by atoms with Crippen LogP contribution in [-0.2, 0) is 20.7 Å². The highest BCUT2D eigenvalue weighted by molar-refractivity contribution is 6.02. The van der Waals surface area contributed by atoms with Crippen molar-refractivity contribution in [2.45, 2.75) is 26.7 Å². The third-order valence-electron chi connectivity index (χ3n) is 4.84. The lowest BCUT2D eigenvalue weighted by atomic mass is 10.1. The number of carbonyl (C=O) groups is 2. The van der Waals surface area contributed by atoms with Gasteiger partial charge in [-0.25, -0.2) is 4.79 Å². The number of morpholine rings is 1. The molecule has 0 unspecified atom stereocenters. The molecule has 150 valence electrons. The molecule has 1 N–H and O–H groups in total. The molecule has 8 heteroatoms. The number of amides is 1. The number of benzene rings is 1. The van der Waals surface area contributed by atoms with E-state index in [0.717, 1.165) is 35.8 Å². The predicted molar refractivity (Wildman–Crippen MR) is 104 cm³/mol. The normalized spacial score (nSPS) is 14.0. The van der Waals surface area contributed by atoms with E-state index >= 15 is 0 Å². The van der Waals surface area contributed by atoms with Gasteiger partial charge in [0.1, 0.15) is 5.76 Å². The monoisotopic (exact) mass is 387 g/mol. The minimum Gasteiger partial charge on any atom is -0.465 e. The molecule has 0 radical (unpaired) electrons. The van der Waals surface area contributed by atoms with E-state index in [1.54, 1.807) is 12.1 Å². The Hall–Kier alpha value is -2.87. The molecule has 1 fully saturated rings. The highest BCUT2D eigenvalue weighted by atomic mass is 16.5. The molecule has 1 saturated heterocycles. The van der Waals surface area contributed by atoms with E-state index in [4.69, 9.17) is 14.0 Å². The SMILES string of the molecule is COC(=O)c1cc(N2CCOCC2)ccc1NC(=O)CCc1c(C)noc1C. The number of nitrogens with zero attached hydrogens (tertiary/aromatic N) is 2. The van der Waals surface area contributed by atoms with Gasteiger partial charge in [-0.15, -0.1) is 0 Å². The molecule has 1 aromatic heterocycles. The van der Waals surface area contributed by atoms with Crippen molar-refractivity contribution in [3.05, 3.63) is 40.8 Å². The molecule has 3 rings (SSSR count). The first-order chi connectivity index (χ1) is 13.5. The van der Waals surface area contributed by atoms with Crippen LogP contribution in [0.3, 0.4) is 0 Å². The number of ether oxygens (including phenoxy) is 2. The number of aryl methyl sites for hydroxylation is 2. The molecule has 8 nitrogen and oxygen atoms in total. The number of methoxy groups -OCH3 is 1. The van der Waals surface area contributed by atoms with Crippen LogP contribution in [0.25, 0.3) is 0 Å². The molecular weight excluding hydrogens is 362 g/mol. The number of esters is 1. The largest absolute Gasteiger partial charge is 0.465 e. The minimum atomic E-state index is -0.490. The fraction of sp³-hybridized carbons (Fsp3) is 0.450. The molecule has 0 bridgehead atoms. The molecule has 1 aliphatic heterocycles. The van der Waals surface area contributed by atoms with Gasteiger partial charge in [0.25, 0.3) is 0 Å². The van der Waals surface area contributed by atoms with Gasteiger partial charge in [-0.05, 0) is 38.5 Å². The van der Waals surface area contributed by atoms with Crippen molar-refractivity contribution in [2.75, 3.05) is 43.6 Å². The van der Waals surface area contributed by atoms with E-state index in [-0.39, 0.29) is 12.3 Å². The topological polar surface area (TPSA) is 93.9 Å². The standard InChI is InChI=1S/C20H25N3O5/c1-13-16(14(2)28-22-13)5-7-19(24)21-18-6-4-15(12-17(18)20(25)26-3)23-8-10-27-11-9-23/h4,6,12H,5,7-11H2,1-3H3,(H,21,24). The first-order valence-corrected chi connectivity index (χ1v) is 9.26. The maximum Gasteiger partial charge on any atom is 0.340 e. The van der Waals surface area contributed by atoms with Gasteiger partial charge < -0.3 is 24.2 Å². The summed E-state index contributed by atoms with van der Waals surface area (Å²) < 4.78 is 15.4. The van der Waals surface area contributed by atoms with Crippen LogP contribution in [0.5, 0.6) is 0 Å². The summed E-state index contributed by atoms with van der Waals surface area (Å²) in [6, 6.07) is 5.38. The smallest absolute Gasteiger partial charge is 0.340 e. The first kappa shape index (κ1) is 19.9. The summed E-state index contributed by atoms with van der Waals surface area (Å²) in [5, 5.41) is 6.72. The Morgan fingerprint density at radius 3 is 2.64 bits per heavy atom. The zero-order chi connectivity index (χ0) is 20.1. The van der Waals surface area contributed by atoms with Crippen LogP contribution in [-0.4, -0.2) is 50.4 Å². The van der Waals surface area contributed by atoms with Crippen LogP contribution in [0.1, 0.15) is 33.8 Å². The summed E-state index contributed by atoms with van der Waals surface area (Å²) in [6.45, 7) is 6.48. The Morgan fingerprint density at radius 1 is 1.25 bits per heavy atom. The van der Waals surface area contributed by atoms with Crippen LogP contribution >= 0.6 is 0 Å². The summed E-state index contributed by atoms with van der Waals surface area (Å²) in [6.07, 6.45) is 0.779. The van der Waals surface area contributed by atoms with Crippen molar-refractivity contribution < 1.29 is 23.6 Å². The Balaban J connectivity index is 1.72. The maximum absolute atomic E-state index is 12.4. The lowest BCUT2D eigenvalue weighted by Crippen LogP contribution is -2.36. The van der Waals surface area contributed by atoms with E-state index in [9.17, 15) is 9.59 Å². The lowest BCUT2D eigenvalue weighted by molar-refractivity contribution is -0.116. The number of nitrogens with one attached hydrogen (secondary N) is 1. The van der Waals surface area contributed by atoms with Crippen molar-refractivity contribution in [3.63, 3.8) is 0 Å². The molecule has 0 spiro atoms. The summed E-state index contributed by atoms with van der Waals surface area (Å²) in [4.78, 5) is 26.8. The van der Waals surface area contributed by atoms with Crippen molar-refractivity contribution in [2.24, 2.45) is 0 Å². The lowest BCUT2D eigenvalue weighted by Gasteiger charge is -2.29. The average Bonchev–Trinajstić information content (AvgIpc) is 3.04. The summed E-state index contributed by atoms with van der Waals surface area (Å²) in [5.74, 6) is 0.0378. The fourth-order valence-corrected chi connectivity index (χ4v) is 3.25. The van der Waals surface area contributed by atoms with Crippen molar-refractivity contribution in [3.8, 4) is 0 Å². The van der Waals surface area contributed by atoms with E-state index in [2.05, 4.69) is 15.4 Å². The van der Waals surface area contributed by atoms with E-state index in [1.807, 2.05) is 19.9 Å². The third-order valence-corrected chi connectivity index (χ3v) is 4.84. The number of aromatic nitrogens is 1. The Bertz CT molecular complexity index is 836. The number of rotatable bonds is 6. The summed E-state index contributed by atoms with van der Waals surface area (Å²) in [5.41, 5.74) is 3.39. The molecule has 1 amide bonds. The van der Waals surface area contributed by atoms with E-state index in [0.29, 0.717) is 30.9 Å². The molecule has 2 aromatic rings. The number of carbonyl (C=O) groups excluding carboxylic acids is 2. The molecule has 28 heavy (non-hydrogen) atoms. The second-order valence-electron chi connectivity index (χ2n) is 6.67. The molecule has 2 heterocycles. The zero-order valence-electron chi connectivity index (χ0n) is 16.4. The molecular formula is C20H25N3O5. The van der Waals surface area contributed by atoms with E-state index in [1.165, 1.54) is 7.11 Å². The van der Waals surface area contributed by atoms with Crippen molar-refractivity contribution in [1.29, 1.82) is 0 Å². The predicted octanol–water partition coefficient (Wildman–Crippen LogP) is 2.49. The average molecular weight is 387 g/mol. The van der Waals surface area contributed by atoms with Gasteiger partial charge in [0, 0.05) is 30.8 Å². The Morgan fingerprint density at radius 2 is 2.00 bits per heavy atom. The Labute approximate surface area is 163 Å². The maximum atomic E-state index is 12.4. The quantitative estimate of drug-likeness (QED) is 0.761. The third kappa shape index (κ3) is 4.51. The molecule has 1 aromatic carbocycles. The van der Waals surface area contributed by atoms with Crippen molar-refractivity contribution >= 4 is 23.3 Å². The summed E-state index contributed by atoms with van der Waals surface area (Å²) >= 11 is 0.